The van der Waals surface area contributed by atoms with Crippen LogP contribution in [-0.2, 0) is 0 Å². The van der Waals surface area contributed by atoms with Gasteiger partial charge in [0.1, 0.15) is 5.75 Å². The molecule has 130 valence electrons. The van der Waals surface area contributed by atoms with Gasteiger partial charge in [-0.15, -0.1) is 6.58 Å². The lowest BCUT2D eigenvalue weighted by atomic mass is 10.3. The number of benzene rings is 2. The molecule has 0 heterocycles. The highest BCUT2D eigenvalue weighted by Crippen LogP contribution is 2.25. The quantitative estimate of drug-likeness (QED) is 0.486. The second-order valence-corrected chi connectivity index (χ2v) is 6.02. The van der Waals surface area contributed by atoms with E-state index in [1.165, 1.54) is 6.07 Å². The SMILES string of the molecule is C=CCNC(=S)Nc1cccc(OC(=O)Nc2ccc(Cl)c(Cl)c2)c1. The first-order chi connectivity index (χ1) is 12.0. The van der Waals surface area contributed by atoms with Crippen molar-refractivity contribution in [3.05, 3.63) is 65.2 Å². The van der Waals surface area contributed by atoms with Crippen LogP contribution in [0.15, 0.2) is 55.1 Å². The Morgan fingerprint density at radius 3 is 2.60 bits per heavy atom. The Bertz CT molecular complexity index is 799. The van der Waals surface area contributed by atoms with Gasteiger partial charge in [0, 0.05) is 24.0 Å². The summed E-state index contributed by atoms with van der Waals surface area (Å²) < 4.78 is 5.25. The van der Waals surface area contributed by atoms with Gasteiger partial charge in [0.2, 0.25) is 0 Å². The van der Waals surface area contributed by atoms with Crippen molar-refractivity contribution in [1.29, 1.82) is 0 Å². The van der Waals surface area contributed by atoms with Gasteiger partial charge < -0.3 is 15.4 Å². The number of carbonyl (C=O) groups is 1. The maximum absolute atomic E-state index is 12.0. The molecule has 0 bridgehead atoms. The fraction of sp³-hybridized carbons (Fsp3) is 0.0588. The van der Waals surface area contributed by atoms with Crippen LogP contribution < -0.4 is 20.7 Å². The standard InChI is InChI=1S/C17H15Cl2N3O2S/c1-2-8-20-16(25)21-11-4-3-5-13(9-11)24-17(23)22-12-6-7-14(18)15(19)10-12/h2-7,9-10H,1,8H2,(H,22,23)(H2,20,21,25). The molecule has 0 atom stereocenters. The smallest absolute Gasteiger partial charge is 0.410 e. The zero-order chi connectivity index (χ0) is 18.2. The molecule has 0 aliphatic heterocycles. The van der Waals surface area contributed by atoms with Crippen LogP contribution in [-0.4, -0.2) is 17.8 Å². The van der Waals surface area contributed by atoms with Gasteiger partial charge in [0.15, 0.2) is 5.11 Å². The molecular formula is C17H15Cl2N3O2S. The molecule has 0 aliphatic rings. The van der Waals surface area contributed by atoms with Gasteiger partial charge in [-0.3, -0.25) is 5.32 Å². The summed E-state index contributed by atoms with van der Waals surface area (Å²) in [6.45, 7) is 4.15. The van der Waals surface area contributed by atoms with Crippen LogP contribution in [0.5, 0.6) is 5.75 Å². The molecule has 1 amide bonds. The minimum absolute atomic E-state index is 0.339. The third-order valence-corrected chi connectivity index (χ3v) is 3.86. The minimum atomic E-state index is -0.650. The zero-order valence-electron chi connectivity index (χ0n) is 13.0. The predicted molar refractivity (Wildman–Crippen MR) is 107 cm³/mol. The number of carbonyl (C=O) groups excluding carboxylic acids is 1. The first-order valence-electron chi connectivity index (χ1n) is 7.17. The number of hydrogen-bond donors (Lipinski definition) is 3. The maximum atomic E-state index is 12.0. The number of nitrogens with one attached hydrogen (secondary N) is 3. The molecule has 0 spiro atoms. The molecular weight excluding hydrogens is 381 g/mol. The van der Waals surface area contributed by atoms with Crippen molar-refractivity contribution < 1.29 is 9.53 Å². The number of ether oxygens (including phenoxy) is 1. The van der Waals surface area contributed by atoms with Crippen LogP contribution in [0.4, 0.5) is 16.2 Å². The monoisotopic (exact) mass is 395 g/mol. The lowest BCUT2D eigenvalue weighted by Crippen LogP contribution is -2.28. The van der Waals surface area contributed by atoms with Crippen molar-refractivity contribution in [3.8, 4) is 5.75 Å². The number of anilines is 2. The van der Waals surface area contributed by atoms with E-state index >= 15 is 0 Å². The molecule has 0 unspecified atom stereocenters. The Hall–Kier alpha value is -2.28. The molecule has 2 aromatic rings. The van der Waals surface area contributed by atoms with Gasteiger partial charge in [0.25, 0.3) is 0 Å². The van der Waals surface area contributed by atoms with Crippen LogP contribution in [0.25, 0.3) is 0 Å². The number of halogens is 2. The fourth-order valence-electron chi connectivity index (χ4n) is 1.80. The molecule has 0 radical (unpaired) electrons. The van der Waals surface area contributed by atoms with E-state index in [9.17, 15) is 4.79 Å². The molecule has 25 heavy (non-hydrogen) atoms. The zero-order valence-corrected chi connectivity index (χ0v) is 15.3. The van der Waals surface area contributed by atoms with Gasteiger partial charge in [0.05, 0.1) is 10.0 Å². The number of thiocarbonyl (C=S) groups is 1. The first kappa shape index (κ1) is 19.1. The average molecular weight is 396 g/mol. The molecule has 0 aromatic heterocycles. The topological polar surface area (TPSA) is 62.4 Å². The summed E-state index contributed by atoms with van der Waals surface area (Å²) >= 11 is 16.9. The molecule has 0 saturated carbocycles. The number of hydrogen-bond acceptors (Lipinski definition) is 3. The summed E-state index contributed by atoms with van der Waals surface area (Å²) in [6, 6.07) is 11.6. The second-order valence-electron chi connectivity index (χ2n) is 4.79. The second kappa shape index (κ2) is 9.27. The van der Waals surface area contributed by atoms with Gasteiger partial charge in [-0.1, -0.05) is 35.3 Å². The average Bonchev–Trinajstić information content (AvgIpc) is 2.56. The summed E-state index contributed by atoms with van der Waals surface area (Å²) in [5.74, 6) is 0.356. The van der Waals surface area contributed by atoms with Crippen LogP contribution >= 0.6 is 35.4 Å². The Morgan fingerprint density at radius 1 is 1.12 bits per heavy atom. The summed E-state index contributed by atoms with van der Waals surface area (Å²) in [7, 11) is 0. The van der Waals surface area contributed by atoms with E-state index in [1.807, 2.05) is 0 Å². The van der Waals surface area contributed by atoms with Crippen LogP contribution in [0.1, 0.15) is 0 Å². The molecule has 5 nitrogen and oxygen atoms in total. The van der Waals surface area contributed by atoms with Crippen molar-refractivity contribution in [3.63, 3.8) is 0 Å². The van der Waals surface area contributed by atoms with Crippen LogP contribution in [0, 0.1) is 0 Å². The Labute approximate surface area is 161 Å². The van der Waals surface area contributed by atoms with E-state index < -0.39 is 6.09 Å². The summed E-state index contributed by atoms with van der Waals surface area (Å²) in [4.78, 5) is 12.0. The van der Waals surface area contributed by atoms with E-state index in [0.29, 0.717) is 38.8 Å². The third kappa shape index (κ3) is 6.26. The van der Waals surface area contributed by atoms with Gasteiger partial charge in [-0.05, 0) is 42.5 Å². The molecule has 0 fully saturated rings. The lowest BCUT2D eigenvalue weighted by molar-refractivity contribution is 0.215. The molecule has 0 saturated heterocycles. The van der Waals surface area contributed by atoms with E-state index in [-0.39, 0.29) is 0 Å². The Kier molecular flexibility index (Phi) is 7.06. The van der Waals surface area contributed by atoms with Crippen molar-refractivity contribution in [2.24, 2.45) is 0 Å². The largest absolute Gasteiger partial charge is 0.417 e. The van der Waals surface area contributed by atoms with Gasteiger partial charge in [-0.25, -0.2) is 4.79 Å². The predicted octanol–water partition coefficient (Wildman–Crippen LogP) is 5.08. The summed E-state index contributed by atoms with van der Waals surface area (Å²) in [5.41, 5.74) is 1.16. The minimum Gasteiger partial charge on any atom is -0.410 e. The summed E-state index contributed by atoms with van der Waals surface area (Å²) in [6.07, 6.45) is 1.05. The molecule has 3 N–H and O–H groups in total. The molecule has 2 aromatic carbocycles. The van der Waals surface area contributed by atoms with Crippen molar-refractivity contribution in [2.45, 2.75) is 0 Å². The fourth-order valence-corrected chi connectivity index (χ4v) is 2.30. The Morgan fingerprint density at radius 2 is 1.88 bits per heavy atom. The van der Waals surface area contributed by atoms with Crippen LogP contribution in [0.2, 0.25) is 10.0 Å². The van der Waals surface area contributed by atoms with E-state index in [1.54, 1.807) is 42.5 Å². The number of amides is 1. The number of rotatable bonds is 5. The lowest BCUT2D eigenvalue weighted by Gasteiger charge is -2.11. The maximum Gasteiger partial charge on any atom is 0.417 e. The Balaban J connectivity index is 1.96. The van der Waals surface area contributed by atoms with E-state index in [0.717, 1.165) is 0 Å². The van der Waals surface area contributed by atoms with Crippen molar-refractivity contribution >= 4 is 58.0 Å². The van der Waals surface area contributed by atoms with Crippen molar-refractivity contribution in [1.82, 2.24) is 5.32 Å². The van der Waals surface area contributed by atoms with Crippen LogP contribution in [0.3, 0.4) is 0 Å². The van der Waals surface area contributed by atoms with E-state index in [2.05, 4.69) is 22.5 Å². The molecule has 8 heteroatoms. The third-order valence-electron chi connectivity index (χ3n) is 2.88. The van der Waals surface area contributed by atoms with Crippen molar-refractivity contribution in [2.75, 3.05) is 17.2 Å². The van der Waals surface area contributed by atoms with E-state index in [4.69, 9.17) is 40.2 Å². The molecule has 2 rings (SSSR count). The first-order valence-corrected chi connectivity index (χ1v) is 8.34. The van der Waals surface area contributed by atoms with Gasteiger partial charge in [-0.2, -0.15) is 0 Å². The molecule has 0 aliphatic carbocycles. The highest BCUT2D eigenvalue weighted by molar-refractivity contribution is 7.80. The normalized spacial score (nSPS) is 9.84. The highest BCUT2D eigenvalue weighted by atomic mass is 35.5. The summed E-state index contributed by atoms with van der Waals surface area (Å²) in [5, 5.41) is 9.68. The van der Waals surface area contributed by atoms with Gasteiger partial charge >= 0.3 is 6.09 Å². The highest BCUT2D eigenvalue weighted by Gasteiger charge is 2.08.